The molecule has 0 spiro atoms. The molecule has 1 aliphatic rings. The Bertz CT molecular complexity index is 554. The highest BCUT2D eigenvalue weighted by atomic mass is 32.2. The van der Waals surface area contributed by atoms with Crippen LogP contribution in [0.2, 0.25) is 0 Å². The summed E-state index contributed by atoms with van der Waals surface area (Å²) in [4.78, 5) is 8.41. The topological polar surface area (TPSA) is 76.7 Å². The van der Waals surface area contributed by atoms with Crippen molar-refractivity contribution >= 4 is 11.8 Å². The molecule has 0 bridgehead atoms. The van der Waals surface area contributed by atoms with E-state index in [2.05, 4.69) is 24.7 Å². The maximum atomic E-state index is 8.96. The van der Waals surface area contributed by atoms with Crippen LogP contribution in [0.25, 0.3) is 0 Å². The molecule has 3 heterocycles. The summed E-state index contributed by atoms with van der Waals surface area (Å²) < 4.78 is 2.17. The number of hydrogen-bond donors (Lipinski definition) is 1. The zero-order valence-electron chi connectivity index (χ0n) is 10.5. The largest absolute Gasteiger partial charge is 0.392 e. The molecule has 6 nitrogen and oxygen atoms in total. The monoisotopic (exact) mass is 277 g/mol. The predicted molar refractivity (Wildman–Crippen MR) is 69.7 cm³/mol. The average molecular weight is 277 g/mol. The number of fused-ring (bicyclic) bond motifs is 1. The molecule has 7 heteroatoms. The van der Waals surface area contributed by atoms with Gasteiger partial charge in [0.2, 0.25) is 0 Å². The van der Waals surface area contributed by atoms with E-state index in [1.807, 2.05) is 0 Å². The molecule has 0 saturated heterocycles. The number of aryl methyl sites for hydroxylation is 1. The van der Waals surface area contributed by atoms with Crippen molar-refractivity contribution in [1.29, 1.82) is 0 Å². The first-order valence-corrected chi connectivity index (χ1v) is 7.20. The van der Waals surface area contributed by atoms with Crippen LogP contribution in [0.5, 0.6) is 0 Å². The minimum Gasteiger partial charge on any atom is -0.392 e. The van der Waals surface area contributed by atoms with E-state index in [4.69, 9.17) is 5.11 Å². The fourth-order valence-corrected chi connectivity index (χ4v) is 2.86. The van der Waals surface area contributed by atoms with Gasteiger partial charge in [-0.15, -0.1) is 10.2 Å². The third kappa shape index (κ3) is 2.76. The highest BCUT2D eigenvalue weighted by Crippen LogP contribution is 2.25. The molecule has 100 valence electrons. The second-order valence-corrected chi connectivity index (χ2v) is 5.43. The molecule has 0 amide bonds. The van der Waals surface area contributed by atoms with E-state index in [0.717, 1.165) is 23.9 Å². The molecule has 0 fully saturated rings. The summed E-state index contributed by atoms with van der Waals surface area (Å²) in [7, 11) is 0. The molecule has 1 N–H and O–H groups in total. The maximum Gasteiger partial charge on any atom is 0.199 e. The van der Waals surface area contributed by atoms with Crippen LogP contribution in [-0.4, -0.2) is 29.8 Å². The fraction of sp³-hybridized carbons (Fsp3) is 0.500. The highest BCUT2D eigenvalue weighted by Gasteiger charge is 2.16. The smallest absolute Gasteiger partial charge is 0.199 e. The van der Waals surface area contributed by atoms with Gasteiger partial charge in [-0.1, -0.05) is 6.42 Å². The minimum absolute atomic E-state index is 0.0364. The van der Waals surface area contributed by atoms with E-state index in [0.29, 0.717) is 10.7 Å². The highest BCUT2D eigenvalue weighted by molar-refractivity contribution is 7.99. The Balaban J connectivity index is 1.80. The number of rotatable bonds is 3. The molecular formula is C12H15N5OS. The van der Waals surface area contributed by atoms with Gasteiger partial charge in [-0.2, -0.15) is 0 Å². The first kappa shape index (κ1) is 12.6. The lowest BCUT2D eigenvalue weighted by Gasteiger charge is -2.05. The molecule has 2 aromatic rings. The van der Waals surface area contributed by atoms with E-state index < -0.39 is 0 Å². The Hall–Kier alpha value is -1.47. The van der Waals surface area contributed by atoms with Crippen molar-refractivity contribution in [2.75, 3.05) is 0 Å². The van der Waals surface area contributed by atoms with Crippen molar-refractivity contribution in [3.63, 3.8) is 0 Å². The van der Waals surface area contributed by atoms with Gasteiger partial charge in [-0.25, -0.2) is 9.97 Å². The Morgan fingerprint density at radius 1 is 1.16 bits per heavy atom. The van der Waals surface area contributed by atoms with Crippen molar-refractivity contribution in [2.45, 2.75) is 49.1 Å². The molecule has 0 saturated carbocycles. The summed E-state index contributed by atoms with van der Waals surface area (Å²) in [5, 5.41) is 18.9. The molecule has 0 unspecified atom stereocenters. The summed E-state index contributed by atoms with van der Waals surface area (Å²) in [5.41, 5.74) is 0.712. The number of aliphatic hydroxyl groups excluding tert-OH is 1. The lowest BCUT2D eigenvalue weighted by molar-refractivity contribution is 0.280. The Morgan fingerprint density at radius 3 is 2.79 bits per heavy atom. The van der Waals surface area contributed by atoms with Gasteiger partial charge in [0.05, 0.1) is 6.61 Å². The lowest BCUT2D eigenvalue weighted by Crippen LogP contribution is -2.02. The van der Waals surface area contributed by atoms with Crippen molar-refractivity contribution < 1.29 is 5.11 Å². The van der Waals surface area contributed by atoms with Gasteiger partial charge in [0.25, 0.3) is 0 Å². The van der Waals surface area contributed by atoms with Gasteiger partial charge in [0.15, 0.2) is 10.3 Å². The van der Waals surface area contributed by atoms with Crippen molar-refractivity contribution in [1.82, 2.24) is 24.7 Å². The van der Waals surface area contributed by atoms with Crippen LogP contribution < -0.4 is 0 Å². The Labute approximate surface area is 115 Å². The van der Waals surface area contributed by atoms with Gasteiger partial charge in [-0.05, 0) is 24.6 Å². The zero-order chi connectivity index (χ0) is 13.1. The van der Waals surface area contributed by atoms with Crippen LogP contribution in [0.1, 0.15) is 30.7 Å². The molecule has 0 aromatic carbocycles. The second kappa shape index (κ2) is 5.66. The summed E-state index contributed by atoms with van der Waals surface area (Å²) in [6.45, 7) is 0.935. The van der Waals surface area contributed by atoms with E-state index in [-0.39, 0.29) is 6.61 Å². The van der Waals surface area contributed by atoms with Crippen LogP contribution in [0.4, 0.5) is 0 Å². The van der Waals surface area contributed by atoms with E-state index in [9.17, 15) is 0 Å². The number of hydrogen-bond acceptors (Lipinski definition) is 6. The first-order chi connectivity index (χ1) is 9.36. The minimum atomic E-state index is -0.0364. The molecule has 0 atom stereocenters. The van der Waals surface area contributed by atoms with Gasteiger partial charge >= 0.3 is 0 Å². The summed E-state index contributed by atoms with van der Waals surface area (Å²) in [5.74, 6) is 1.06. The fourth-order valence-electron chi connectivity index (χ4n) is 2.09. The third-order valence-electron chi connectivity index (χ3n) is 3.12. The zero-order valence-corrected chi connectivity index (χ0v) is 11.3. The van der Waals surface area contributed by atoms with Crippen LogP contribution >= 0.6 is 11.8 Å². The van der Waals surface area contributed by atoms with Crippen LogP contribution in [0.3, 0.4) is 0 Å². The van der Waals surface area contributed by atoms with Gasteiger partial charge in [-0.3, -0.25) is 0 Å². The molecular weight excluding hydrogens is 262 g/mol. The van der Waals surface area contributed by atoms with Gasteiger partial charge in [0.1, 0.15) is 5.82 Å². The van der Waals surface area contributed by atoms with Crippen molar-refractivity contribution in [2.24, 2.45) is 0 Å². The first-order valence-electron chi connectivity index (χ1n) is 6.38. The van der Waals surface area contributed by atoms with Gasteiger partial charge < -0.3 is 9.67 Å². The molecule has 3 rings (SSSR count). The number of aliphatic hydroxyl groups is 1. The average Bonchev–Trinajstić information content (AvgIpc) is 2.68. The molecule has 19 heavy (non-hydrogen) atoms. The van der Waals surface area contributed by atoms with Crippen LogP contribution in [0.15, 0.2) is 22.7 Å². The number of aromatic nitrogens is 5. The maximum absolute atomic E-state index is 8.96. The summed E-state index contributed by atoms with van der Waals surface area (Å²) in [6, 6.07) is 0. The molecule has 1 aliphatic heterocycles. The molecule has 2 aromatic heterocycles. The summed E-state index contributed by atoms with van der Waals surface area (Å²) in [6.07, 6.45) is 7.87. The SMILES string of the molecule is OCc1cnc(Sc2nnc3n2CCCCC3)nc1. The van der Waals surface area contributed by atoms with Crippen LogP contribution in [-0.2, 0) is 19.6 Å². The van der Waals surface area contributed by atoms with Crippen LogP contribution in [0, 0.1) is 0 Å². The molecule has 0 aliphatic carbocycles. The van der Waals surface area contributed by atoms with E-state index >= 15 is 0 Å². The Kier molecular flexibility index (Phi) is 3.74. The Morgan fingerprint density at radius 2 is 2.00 bits per heavy atom. The van der Waals surface area contributed by atoms with Crippen molar-refractivity contribution in [3.05, 3.63) is 23.8 Å². The van der Waals surface area contributed by atoms with Gasteiger partial charge in [0, 0.05) is 30.9 Å². The van der Waals surface area contributed by atoms with Crippen molar-refractivity contribution in [3.8, 4) is 0 Å². The number of nitrogens with zero attached hydrogens (tertiary/aromatic N) is 5. The summed E-state index contributed by atoms with van der Waals surface area (Å²) >= 11 is 1.42. The predicted octanol–water partition coefficient (Wildman–Crippen LogP) is 1.44. The lowest BCUT2D eigenvalue weighted by atomic mass is 10.2. The quantitative estimate of drug-likeness (QED) is 0.855. The second-order valence-electron chi connectivity index (χ2n) is 4.50. The molecule has 0 radical (unpaired) electrons. The normalized spacial score (nSPS) is 15.0. The standard InChI is InChI=1S/C12H15N5OS/c18-8-9-6-13-11(14-7-9)19-12-16-15-10-4-2-1-3-5-17(10)12/h6-7,18H,1-5,8H2. The van der Waals surface area contributed by atoms with E-state index in [1.165, 1.54) is 31.0 Å². The van der Waals surface area contributed by atoms with E-state index in [1.54, 1.807) is 12.4 Å². The third-order valence-corrected chi connectivity index (χ3v) is 4.00.